The van der Waals surface area contributed by atoms with Gasteiger partial charge in [0.2, 0.25) is 0 Å². The lowest BCUT2D eigenvalue weighted by Gasteiger charge is -2.09. The van der Waals surface area contributed by atoms with Crippen LogP contribution in [-0.4, -0.2) is 39.2 Å². The summed E-state index contributed by atoms with van der Waals surface area (Å²) >= 11 is 2.65. The summed E-state index contributed by atoms with van der Waals surface area (Å²) in [6.07, 6.45) is 1.56. The van der Waals surface area contributed by atoms with Crippen molar-refractivity contribution in [1.82, 2.24) is 14.8 Å². The first-order valence-electron chi connectivity index (χ1n) is 9.22. The monoisotopic (exact) mass is 455 g/mol. The van der Waals surface area contributed by atoms with Gasteiger partial charge >= 0.3 is 5.97 Å². The quantitative estimate of drug-likeness (QED) is 0.412. The molecular weight excluding hydrogens is 438 g/mol. The number of aromatic nitrogens is 3. The van der Waals surface area contributed by atoms with E-state index in [0.717, 1.165) is 16.2 Å². The molecule has 0 aromatic carbocycles. The van der Waals surface area contributed by atoms with Gasteiger partial charge in [0.15, 0.2) is 12.3 Å². The number of nitrogens with zero attached hydrogens (tertiary/aromatic N) is 3. The molecule has 3 N–H and O–H groups in total. The largest absolute Gasteiger partial charge is 0.452 e. The highest BCUT2D eigenvalue weighted by Crippen LogP contribution is 2.28. The van der Waals surface area contributed by atoms with Crippen molar-refractivity contribution in [1.29, 1.82) is 0 Å². The Labute approximate surface area is 184 Å². The molecule has 0 aliphatic rings. The van der Waals surface area contributed by atoms with Gasteiger partial charge in [-0.1, -0.05) is 6.07 Å². The fraction of sp³-hybridized carbons (Fsp3) is 0.150. The third-order valence-corrected chi connectivity index (χ3v) is 6.14. The minimum Gasteiger partial charge on any atom is -0.452 e. The van der Waals surface area contributed by atoms with Crippen molar-refractivity contribution in [2.24, 2.45) is 5.73 Å². The van der Waals surface area contributed by atoms with Crippen LogP contribution < -0.4 is 11.1 Å². The minimum atomic E-state index is -0.669. The molecule has 4 heterocycles. The van der Waals surface area contributed by atoms with E-state index in [1.165, 1.54) is 17.4 Å². The van der Waals surface area contributed by atoms with Crippen LogP contribution in [0.2, 0.25) is 0 Å². The summed E-state index contributed by atoms with van der Waals surface area (Å²) in [7, 11) is 0. The van der Waals surface area contributed by atoms with Gasteiger partial charge in [-0.25, -0.2) is 14.5 Å². The number of thiophene rings is 2. The van der Waals surface area contributed by atoms with Crippen LogP contribution in [0.1, 0.15) is 27.6 Å². The number of primary amides is 1. The molecule has 0 atom stereocenters. The number of amides is 2. The number of ether oxygens (including phenoxy) is 1. The second-order valence-electron chi connectivity index (χ2n) is 6.38. The van der Waals surface area contributed by atoms with Crippen LogP contribution in [0, 0.1) is 0 Å². The second kappa shape index (κ2) is 8.66. The van der Waals surface area contributed by atoms with Crippen LogP contribution in [0.4, 0.5) is 5.00 Å². The molecule has 0 radical (unpaired) electrons. The van der Waals surface area contributed by atoms with Gasteiger partial charge in [-0.2, -0.15) is 5.10 Å². The summed E-state index contributed by atoms with van der Waals surface area (Å²) in [5.41, 5.74) is 6.93. The van der Waals surface area contributed by atoms with Crippen LogP contribution >= 0.6 is 22.7 Å². The maximum atomic E-state index is 12.8. The van der Waals surface area contributed by atoms with Gasteiger partial charge in [0.05, 0.1) is 33.3 Å². The molecule has 0 fully saturated rings. The fourth-order valence-electron chi connectivity index (χ4n) is 2.97. The van der Waals surface area contributed by atoms with E-state index in [4.69, 9.17) is 10.5 Å². The van der Waals surface area contributed by atoms with Crippen molar-refractivity contribution in [3.63, 3.8) is 0 Å². The van der Waals surface area contributed by atoms with Gasteiger partial charge in [0.25, 0.3) is 11.8 Å². The number of pyridine rings is 1. The summed E-state index contributed by atoms with van der Waals surface area (Å²) < 4.78 is 6.93. The maximum Gasteiger partial charge on any atom is 0.339 e. The highest BCUT2D eigenvalue weighted by molar-refractivity contribution is 7.14. The Hall–Kier alpha value is -3.57. The average Bonchev–Trinajstić information content (AvgIpc) is 3.51. The molecule has 0 saturated heterocycles. The molecule has 0 unspecified atom stereocenters. The Morgan fingerprint density at radius 3 is 2.74 bits per heavy atom. The Kier molecular flexibility index (Phi) is 5.78. The van der Waals surface area contributed by atoms with Gasteiger partial charge in [-0.15, -0.1) is 22.7 Å². The average molecular weight is 456 g/mol. The number of nitrogens with two attached hydrogens (primary N) is 1. The predicted octanol–water partition coefficient (Wildman–Crippen LogP) is 3.14. The molecule has 31 heavy (non-hydrogen) atoms. The number of aryl methyl sites for hydroxylation is 1. The molecule has 9 nitrogen and oxygen atoms in total. The first-order valence-corrected chi connectivity index (χ1v) is 11.0. The first-order chi connectivity index (χ1) is 15.0. The third-order valence-electron chi connectivity index (χ3n) is 4.42. The van der Waals surface area contributed by atoms with Gasteiger partial charge in [-0.05, 0) is 35.9 Å². The zero-order valence-electron chi connectivity index (χ0n) is 16.3. The van der Waals surface area contributed by atoms with Crippen molar-refractivity contribution in [3.05, 3.63) is 52.3 Å². The number of anilines is 1. The lowest BCUT2D eigenvalue weighted by Crippen LogP contribution is -2.22. The zero-order valence-corrected chi connectivity index (χ0v) is 18.0. The summed E-state index contributed by atoms with van der Waals surface area (Å²) in [6.45, 7) is 2.00. The topological polar surface area (TPSA) is 129 Å². The Morgan fingerprint density at radius 2 is 2.03 bits per heavy atom. The molecule has 4 aromatic rings. The van der Waals surface area contributed by atoms with Crippen LogP contribution in [0.25, 0.3) is 21.6 Å². The van der Waals surface area contributed by atoms with Crippen LogP contribution in [-0.2, 0) is 16.1 Å². The Balaban J connectivity index is 1.56. The summed E-state index contributed by atoms with van der Waals surface area (Å²) in [5.74, 6) is -1.90. The highest BCUT2D eigenvalue weighted by atomic mass is 32.1. The van der Waals surface area contributed by atoms with E-state index in [2.05, 4.69) is 15.4 Å². The smallest absolute Gasteiger partial charge is 0.339 e. The SMILES string of the molecule is CCn1ncc2c(C(=O)OCC(=O)Nc3sccc3C(N)=O)cc(-c3cccs3)nc21. The van der Waals surface area contributed by atoms with Crippen molar-refractivity contribution >= 4 is 56.5 Å². The van der Waals surface area contributed by atoms with Gasteiger partial charge in [-0.3, -0.25) is 9.59 Å². The lowest BCUT2D eigenvalue weighted by molar-refractivity contribution is -0.119. The van der Waals surface area contributed by atoms with E-state index < -0.39 is 24.4 Å². The number of carbonyl (C=O) groups is 3. The van der Waals surface area contributed by atoms with Gasteiger partial charge in [0.1, 0.15) is 5.00 Å². The highest BCUT2D eigenvalue weighted by Gasteiger charge is 2.20. The van der Waals surface area contributed by atoms with E-state index in [-0.39, 0.29) is 11.1 Å². The van der Waals surface area contributed by atoms with E-state index in [1.807, 2.05) is 24.4 Å². The predicted molar refractivity (Wildman–Crippen MR) is 118 cm³/mol. The summed E-state index contributed by atoms with van der Waals surface area (Å²) in [4.78, 5) is 42.0. The number of nitrogens with one attached hydrogen (secondary N) is 1. The van der Waals surface area contributed by atoms with Crippen molar-refractivity contribution in [2.45, 2.75) is 13.5 Å². The molecule has 0 saturated carbocycles. The number of rotatable bonds is 7. The molecule has 0 aliphatic heterocycles. The van der Waals surface area contributed by atoms with E-state index in [0.29, 0.717) is 28.3 Å². The molecule has 4 rings (SSSR count). The second-order valence-corrected chi connectivity index (χ2v) is 8.25. The number of hydrogen-bond acceptors (Lipinski definition) is 8. The molecule has 0 bridgehead atoms. The van der Waals surface area contributed by atoms with Crippen LogP contribution in [0.3, 0.4) is 0 Å². The van der Waals surface area contributed by atoms with Crippen molar-refractivity contribution in [2.75, 3.05) is 11.9 Å². The lowest BCUT2D eigenvalue weighted by atomic mass is 10.1. The molecule has 2 amide bonds. The van der Waals surface area contributed by atoms with Crippen molar-refractivity contribution in [3.8, 4) is 10.6 Å². The molecule has 0 spiro atoms. The summed E-state index contributed by atoms with van der Waals surface area (Å²) in [6, 6.07) is 6.96. The van der Waals surface area contributed by atoms with E-state index >= 15 is 0 Å². The van der Waals surface area contributed by atoms with Gasteiger partial charge < -0.3 is 15.8 Å². The van der Waals surface area contributed by atoms with E-state index in [1.54, 1.807) is 22.3 Å². The molecule has 11 heteroatoms. The molecule has 4 aromatic heterocycles. The molecular formula is C20H17N5O4S2. The third kappa shape index (κ3) is 4.18. The minimum absolute atomic E-state index is 0.202. The van der Waals surface area contributed by atoms with Crippen molar-refractivity contribution < 1.29 is 19.1 Å². The fourth-order valence-corrected chi connectivity index (χ4v) is 4.46. The number of esters is 1. The van der Waals surface area contributed by atoms with Crippen LogP contribution in [0.15, 0.2) is 41.2 Å². The molecule has 158 valence electrons. The Morgan fingerprint density at radius 1 is 1.19 bits per heavy atom. The van der Waals surface area contributed by atoms with Gasteiger partial charge in [0, 0.05) is 6.54 Å². The molecule has 0 aliphatic carbocycles. The maximum absolute atomic E-state index is 12.8. The van der Waals surface area contributed by atoms with E-state index in [9.17, 15) is 14.4 Å². The number of carbonyl (C=O) groups excluding carboxylic acids is 3. The number of fused-ring (bicyclic) bond motifs is 1. The standard InChI is InChI=1S/C20H17N5O4S2/c1-2-25-18-13(9-22-25)12(8-14(23-18)15-4-3-6-30-15)20(28)29-10-16(26)24-19-11(17(21)27)5-7-31-19/h3-9H,2,10H2,1H3,(H2,21,27)(H,24,26). The number of hydrogen-bond donors (Lipinski definition) is 2. The Bertz CT molecular complexity index is 1280. The summed E-state index contributed by atoms with van der Waals surface area (Å²) in [5, 5.41) is 11.2. The normalized spacial score (nSPS) is 10.9. The van der Waals surface area contributed by atoms with Crippen LogP contribution in [0.5, 0.6) is 0 Å². The zero-order chi connectivity index (χ0) is 22.0. The first kappa shape index (κ1) is 20.7.